The molecule has 162 valence electrons. The molecule has 0 bridgehead atoms. The van der Waals surface area contributed by atoms with Gasteiger partial charge in [-0.05, 0) is 56.3 Å². The summed E-state index contributed by atoms with van der Waals surface area (Å²) in [6, 6.07) is 2.13. The molecule has 0 heterocycles. The van der Waals surface area contributed by atoms with E-state index in [1.54, 1.807) is 0 Å². The summed E-state index contributed by atoms with van der Waals surface area (Å²) in [4.78, 5) is 0. The molecule has 3 saturated carbocycles. The number of rotatable bonds is 0. The van der Waals surface area contributed by atoms with Crippen molar-refractivity contribution >= 4 is 0 Å². The minimum absolute atomic E-state index is 0.355. The molecule has 12 N–H and O–H groups in total. The third-order valence-corrected chi connectivity index (χ3v) is 7.28. The fraction of sp³-hybridized carbons (Fsp3) is 1.00. The van der Waals surface area contributed by atoms with Crippen LogP contribution in [0.4, 0.5) is 0 Å². The average molecular weight is 385 g/mol. The van der Waals surface area contributed by atoms with Crippen molar-refractivity contribution in [2.45, 2.75) is 115 Å². The number of nitrogens with two attached hydrogens (primary N) is 6. The summed E-state index contributed by atoms with van der Waals surface area (Å²) in [5.74, 6) is 1.58. The van der Waals surface area contributed by atoms with Crippen LogP contribution in [0.3, 0.4) is 0 Å². The normalized spacial score (nSPS) is 45.0. The molecule has 6 atom stereocenters. The second-order valence-corrected chi connectivity index (χ2v) is 9.35. The summed E-state index contributed by atoms with van der Waals surface area (Å²) in [6.45, 7) is 6.44. The standard InChI is InChI=1S/3C7H16N2/c3*1-5-6(8)3-2-4-7(5)9/h3*5-7H,2-4,8-9H2,1H3. The Hall–Kier alpha value is -0.240. The zero-order chi connectivity index (χ0) is 20.6. The maximum absolute atomic E-state index is 5.79. The summed E-state index contributed by atoms with van der Waals surface area (Å²) < 4.78 is 0. The first-order valence-electron chi connectivity index (χ1n) is 11.2. The van der Waals surface area contributed by atoms with Crippen LogP contribution in [-0.2, 0) is 0 Å². The maximum atomic E-state index is 5.79. The zero-order valence-electron chi connectivity index (χ0n) is 18.0. The molecule has 0 aliphatic heterocycles. The average Bonchev–Trinajstić information content (AvgIpc) is 2.63. The van der Waals surface area contributed by atoms with Crippen LogP contribution in [0.15, 0.2) is 0 Å². The van der Waals surface area contributed by atoms with Gasteiger partial charge < -0.3 is 34.4 Å². The van der Waals surface area contributed by atoms with Crippen molar-refractivity contribution in [3.63, 3.8) is 0 Å². The Balaban J connectivity index is 0.000000202. The van der Waals surface area contributed by atoms with Gasteiger partial charge in [0.25, 0.3) is 0 Å². The van der Waals surface area contributed by atoms with Gasteiger partial charge in [-0.3, -0.25) is 0 Å². The molecule has 6 unspecified atom stereocenters. The third-order valence-electron chi connectivity index (χ3n) is 7.28. The Bertz CT molecular complexity index is 306. The second kappa shape index (κ2) is 12.3. The Labute approximate surface area is 167 Å². The van der Waals surface area contributed by atoms with Gasteiger partial charge in [-0.1, -0.05) is 40.0 Å². The molecule has 3 aliphatic rings. The van der Waals surface area contributed by atoms with Gasteiger partial charge in [-0.15, -0.1) is 0 Å². The van der Waals surface area contributed by atoms with Crippen molar-refractivity contribution in [3.05, 3.63) is 0 Å². The molecule has 6 nitrogen and oxygen atoms in total. The van der Waals surface area contributed by atoms with Crippen LogP contribution in [0.5, 0.6) is 0 Å². The molecule has 0 aromatic heterocycles. The highest BCUT2D eigenvalue weighted by Crippen LogP contribution is 2.22. The van der Waals surface area contributed by atoms with Crippen LogP contribution >= 0.6 is 0 Å². The molecule has 27 heavy (non-hydrogen) atoms. The first-order valence-corrected chi connectivity index (χ1v) is 11.2. The van der Waals surface area contributed by atoms with Crippen molar-refractivity contribution in [2.24, 2.45) is 52.2 Å². The van der Waals surface area contributed by atoms with Gasteiger partial charge in [0.15, 0.2) is 0 Å². The van der Waals surface area contributed by atoms with Gasteiger partial charge in [-0.2, -0.15) is 0 Å². The van der Waals surface area contributed by atoms with Crippen LogP contribution < -0.4 is 34.4 Å². The van der Waals surface area contributed by atoms with Crippen molar-refractivity contribution < 1.29 is 0 Å². The number of hydrogen-bond acceptors (Lipinski definition) is 6. The highest BCUT2D eigenvalue weighted by atomic mass is 14.8. The molecular formula is C21H48N6. The number of hydrogen-bond donors (Lipinski definition) is 6. The van der Waals surface area contributed by atoms with E-state index in [1.807, 2.05) is 0 Å². The SMILES string of the molecule is CC1C(N)CCCC1N.CC1C(N)CCCC1N.CC1C(N)CCCC1N. The second-order valence-electron chi connectivity index (χ2n) is 9.35. The predicted octanol–water partition coefficient (Wildman–Crippen LogP) is 1.38. The topological polar surface area (TPSA) is 156 Å². The molecule has 6 heteroatoms. The van der Waals surface area contributed by atoms with E-state index in [0.717, 1.165) is 38.5 Å². The first-order chi connectivity index (χ1) is 12.6. The molecule has 0 radical (unpaired) electrons. The fourth-order valence-electron chi connectivity index (χ4n) is 4.30. The lowest BCUT2D eigenvalue weighted by molar-refractivity contribution is 0.287. The lowest BCUT2D eigenvalue weighted by atomic mass is 9.83. The van der Waals surface area contributed by atoms with Crippen LogP contribution in [-0.4, -0.2) is 36.3 Å². The Morgan fingerprint density at radius 1 is 0.370 bits per heavy atom. The minimum Gasteiger partial charge on any atom is -0.327 e. The third kappa shape index (κ3) is 8.34. The van der Waals surface area contributed by atoms with Crippen LogP contribution in [0.2, 0.25) is 0 Å². The monoisotopic (exact) mass is 384 g/mol. The van der Waals surface area contributed by atoms with Gasteiger partial charge >= 0.3 is 0 Å². The van der Waals surface area contributed by atoms with Gasteiger partial charge in [-0.25, -0.2) is 0 Å². The Morgan fingerprint density at radius 2 is 0.519 bits per heavy atom. The molecule has 3 fully saturated rings. The Kier molecular flexibility index (Phi) is 11.3. The van der Waals surface area contributed by atoms with E-state index in [2.05, 4.69) is 20.8 Å². The molecule has 0 spiro atoms. The summed E-state index contributed by atoms with van der Waals surface area (Å²) in [6.07, 6.45) is 10.6. The van der Waals surface area contributed by atoms with E-state index in [4.69, 9.17) is 34.4 Å². The summed E-state index contributed by atoms with van der Waals surface area (Å²) in [5.41, 5.74) is 34.7. The summed E-state index contributed by atoms with van der Waals surface area (Å²) >= 11 is 0. The van der Waals surface area contributed by atoms with E-state index in [1.165, 1.54) is 19.3 Å². The van der Waals surface area contributed by atoms with Gasteiger partial charge in [0, 0.05) is 36.3 Å². The predicted molar refractivity (Wildman–Crippen MR) is 117 cm³/mol. The molecule has 0 saturated heterocycles. The van der Waals surface area contributed by atoms with E-state index in [-0.39, 0.29) is 0 Å². The lowest BCUT2D eigenvalue weighted by Gasteiger charge is -2.30. The zero-order valence-corrected chi connectivity index (χ0v) is 18.0. The summed E-state index contributed by atoms with van der Waals surface area (Å²) in [7, 11) is 0. The molecule has 0 amide bonds. The van der Waals surface area contributed by atoms with Crippen LogP contribution in [0, 0.1) is 17.8 Å². The maximum Gasteiger partial charge on any atom is 0.00792 e. The first kappa shape index (κ1) is 24.8. The van der Waals surface area contributed by atoms with E-state index in [9.17, 15) is 0 Å². The quantitative estimate of drug-likeness (QED) is 0.370. The van der Waals surface area contributed by atoms with Gasteiger partial charge in [0.2, 0.25) is 0 Å². The summed E-state index contributed by atoms with van der Waals surface area (Å²) in [5, 5.41) is 0. The smallest absolute Gasteiger partial charge is 0.00792 e. The van der Waals surface area contributed by atoms with E-state index in [0.29, 0.717) is 54.0 Å². The Morgan fingerprint density at radius 3 is 0.630 bits per heavy atom. The molecular weight excluding hydrogens is 336 g/mol. The van der Waals surface area contributed by atoms with Crippen molar-refractivity contribution in [1.29, 1.82) is 0 Å². The van der Waals surface area contributed by atoms with E-state index >= 15 is 0 Å². The highest BCUT2D eigenvalue weighted by Gasteiger charge is 2.25. The van der Waals surface area contributed by atoms with Crippen molar-refractivity contribution in [3.8, 4) is 0 Å². The van der Waals surface area contributed by atoms with E-state index < -0.39 is 0 Å². The van der Waals surface area contributed by atoms with Crippen molar-refractivity contribution in [1.82, 2.24) is 0 Å². The lowest BCUT2D eigenvalue weighted by Crippen LogP contribution is -2.44. The minimum atomic E-state index is 0.355. The van der Waals surface area contributed by atoms with Crippen molar-refractivity contribution in [2.75, 3.05) is 0 Å². The molecule has 3 aliphatic carbocycles. The molecule has 0 aromatic carbocycles. The fourth-order valence-corrected chi connectivity index (χ4v) is 4.30. The van der Waals surface area contributed by atoms with Gasteiger partial charge in [0.1, 0.15) is 0 Å². The molecule has 0 aromatic rings. The van der Waals surface area contributed by atoms with Crippen LogP contribution in [0.25, 0.3) is 0 Å². The largest absolute Gasteiger partial charge is 0.327 e. The van der Waals surface area contributed by atoms with Crippen LogP contribution in [0.1, 0.15) is 78.6 Å². The highest BCUT2D eigenvalue weighted by molar-refractivity contribution is 4.85. The van der Waals surface area contributed by atoms with Gasteiger partial charge in [0.05, 0.1) is 0 Å². The molecule has 3 rings (SSSR count).